The first-order chi connectivity index (χ1) is 13.1. The highest BCUT2D eigenvalue weighted by Crippen LogP contribution is 2.20. The van der Waals surface area contributed by atoms with Gasteiger partial charge in [-0.2, -0.15) is 0 Å². The van der Waals surface area contributed by atoms with Crippen LogP contribution in [0.1, 0.15) is 24.0 Å². The Bertz CT molecular complexity index is 745. The summed E-state index contributed by atoms with van der Waals surface area (Å²) in [5.41, 5.74) is 7.25. The van der Waals surface area contributed by atoms with Crippen LogP contribution in [0.4, 0.5) is 4.39 Å². The molecule has 0 radical (unpaired) electrons. The summed E-state index contributed by atoms with van der Waals surface area (Å²) < 4.78 is 24.4. The quantitative estimate of drug-likeness (QED) is 0.735. The lowest BCUT2D eigenvalue weighted by molar-refractivity contribution is -0.119. The Morgan fingerprint density at radius 1 is 1.19 bits per heavy atom. The van der Waals surface area contributed by atoms with E-state index in [1.807, 2.05) is 30.3 Å². The van der Waals surface area contributed by atoms with Gasteiger partial charge >= 0.3 is 0 Å². The predicted octanol–water partition coefficient (Wildman–Crippen LogP) is 2.87. The maximum atomic E-state index is 13.2. The van der Waals surface area contributed by atoms with Crippen LogP contribution in [0.2, 0.25) is 0 Å². The normalized spacial score (nSPS) is 16.6. The molecule has 3 rings (SSSR count). The second kappa shape index (κ2) is 9.48. The van der Waals surface area contributed by atoms with Crippen LogP contribution < -0.4 is 10.5 Å². The highest BCUT2D eigenvalue weighted by molar-refractivity contribution is 5.75. The Kier molecular flexibility index (Phi) is 6.79. The first-order valence-corrected chi connectivity index (χ1v) is 9.17. The molecule has 0 saturated carbocycles. The molecule has 5 nitrogen and oxygen atoms in total. The van der Waals surface area contributed by atoms with Gasteiger partial charge < -0.3 is 15.2 Å². The molecule has 1 aliphatic rings. The molecule has 0 aliphatic carbocycles. The Balaban J connectivity index is 1.68. The Morgan fingerprint density at radius 2 is 1.96 bits per heavy atom. The van der Waals surface area contributed by atoms with Crippen molar-refractivity contribution in [3.05, 3.63) is 65.5 Å². The summed E-state index contributed by atoms with van der Waals surface area (Å²) in [6.07, 6.45) is 2.37. The predicted molar refractivity (Wildman–Crippen MR) is 101 cm³/mol. The van der Waals surface area contributed by atoms with Gasteiger partial charge in [-0.15, -0.1) is 0 Å². The lowest BCUT2D eigenvalue weighted by atomic mass is 10.1. The van der Waals surface area contributed by atoms with E-state index in [2.05, 4.69) is 4.90 Å². The second-order valence-corrected chi connectivity index (χ2v) is 6.83. The highest BCUT2D eigenvalue weighted by Gasteiger charge is 2.20. The van der Waals surface area contributed by atoms with Crippen molar-refractivity contribution in [1.82, 2.24) is 4.90 Å². The molecule has 0 unspecified atom stereocenters. The first-order valence-electron chi connectivity index (χ1n) is 9.17. The van der Waals surface area contributed by atoms with Crippen molar-refractivity contribution in [2.24, 2.45) is 5.73 Å². The maximum Gasteiger partial charge on any atom is 0.255 e. The van der Waals surface area contributed by atoms with E-state index in [0.717, 1.165) is 37.1 Å². The van der Waals surface area contributed by atoms with Crippen LogP contribution in [-0.2, 0) is 22.6 Å². The number of amides is 1. The molecule has 0 aromatic heterocycles. The second-order valence-electron chi connectivity index (χ2n) is 6.83. The fraction of sp³-hybridized carbons (Fsp3) is 0.381. The molecule has 144 valence electrons. The van der Waals surface area contributed by atoms with E-state index in [1.54, 1.807) is 6.07 Å². The Labute approximate surface area is 158 Å². The molecule has 1 saturated heterocycles. The molecule has 2 N–H and O–H groups in total. The molecule has 2 aromatic carbocycles. The number of benzene rings is 2. The fourth-order valence-corrected chi connectivity index (χ4v) is 3.26. The standard InChI is InChI=1S/C21H25FN2O3/c22-18-8-6-16(7-9-18)12-24(14-20-5-2-10-26-20)13-17-3-1-4-19(11-17)27-15-21(23)25/h1,3-4,6-9,11,20H,2,5,10,12-15H2,(H2,23,25)/t20-/m0/s1. The van der Waals surface area contributed by atoms with Crippen molar-refractivity contribution in [2.75, 3.05) is 19.8 Å². The van der Waals surface area contributed by atoms with E-state index in [-0.39, 0.29) is 18.5 Å². The smallest absolute Gasteiger partial charge is 0.255 e. The van der Waals surface area contributed by atoms with Gasteiger partial charge in [0.25, 0.3) is 5.91 Å². The number of nitrogens with two attached hydrogens (primary N) is 1. The lowest BCUT2D eigenvalue weighted by Gasteiger charge is -2.25. The summed E-state index contributed by atoms with van der Waals surface area (Å²) in [5.74, 6) is -0.120. The number of carbonyl (C=O) groups is 1. The van der Waals surface area contributed by atoms with Crippen LogP contribution >= 0.6 is 0 Å². The van der Waals surface area contributed by atoms with Crippen LogP contribution in [0.5, 0.6) is 5.75 Å². The molecular weight excluding hydrogens is 347 g/mol. The molecule has 27 heavy (non-hydrogen) atoms. The van der Waals surface area contributed by atoms with E-state index in [9.17, 15) is 9.18 Å². The Morgan fingerprint density at radius 3 is 2.67 bits per heavy atom. The summed E-state index contributed by atoms with van der Waals surface area (Å²) in [4.78, 5) is 13.2. The molecule has 0 bridgehead atoms. The largest absolute Gasteiger partial charge is 0.484 e. The monoisotopic (exact) mass is 372 g/mol. The van der Waals surface area contributed by atoms with E-state index in [4.69, 9.17) is 15.2 Å². The molecule has 1 fully saturated rings. The minimum atomic E-state index is -0.503. The summed E-state index contributed by atoms with van der Waals surface area (Å²) in [6, 6.07) is 14.2. The molecule has 1 heterocycles. The summed E-state index contributed by atoms with van der Waals surface area (Å²) in [5, 5.41) is 0. The number of carbonyl (C=O) groups excluding carboxylic acids is 1. The highest BCUT2D eigenvalue weighted by atomic mass is 19.1. The average molecular weight is 372 g/mol. The number of nitrogens with zero attached hydrogens (tertiary/aromatic N) is 1. The van der Waals surface area contributed by atoms with Gasteiger partial charge in [-0.25, -0.2) is 4.39 Å². The molecule has 1 amide bonds. The summed E-state index contributed by atoms with van der Waals surface area (Å²) in [7, 11) is 0. The molecule has 2 aromatic rings. The van der Waals surface area contributed by atoms with E-state index < -0.39 is 5.91 Å². The average Bonchev–Trinajstić information content (AvgIpc) is 3.15. The van der Waals surface area contributed by atoms with Gasteiger partial charge in [0.15, 0.2) is 6.61 Å². The number of rotatable bonds is 9. The van der Waals surface area contributed by atoms with Gasteiger partial charge in [-0.05, 0) is 48.2 Å². The molecule has 1 atom stereocenters. The summed E-state index contributed by atoms with van der Waals surface area (Å²) in [6.45, 7) is 2.88. The van der Waals surface area contributed by atoms with E-state index in [1.165, 1.54) is 12.1 Å². The van der Waals surface area contributed by atoms with Crippen LogP contribution in [0.25, 0.3) is 0 Å². The fourth-order valence-electron chi connectivity index (χ4n) is 3.26. The minimum Gasteiger partial charge on any atom is -0.484 e. The van der Waals surface area contributed by atoms with Crippen molar-refractivity contribution in [3.8, 4) is 5.75 Å². The van der Waals surface area contributed by atoms with Crippen LogP contribution in [0, 0.1) is 5.82 Å². The van der Waals surface area contributed by atoms with Crippen LogP contribution in [-0.4, -0.2) is 36.7 Å². The Hall–Kier alpha value is -2.44. The maximum absolute atomic E-state index is 13.2. The number of primary amides is 1. The zero-order chi connectivity index (χ0) is 19.1. The third kappa shape index (κ3) is 6.34. The van der Waals surface area contributed by atoms with Gasteiger partial charge in [-0.3, -0.25) is 9.69 Å². The number of hydrogen-bond donors (Lipinski definition) is 1. The van der Waals surface area contributed by atoms with Crippen molar-refractivity contribution in [2.45, 2.75) is 32.0 Å². The van der Waals surface area contributed by atoms with Crippen molar-refractivity contribution < 1.29 is 18.7 Å². The number of halogens is 1. The third-order valence-electron chi connectivity index (χ3n) is 4.49. The van der Waals surface area contributed by atoms with Crippen LogP contribution in [0.3, 0.4) is 0 Å². The lowest BCUT2D eigenvalue weighted by Crippen LogP contribution is -2.31. The number of hydrogen-bond acceptors (Lipinski definition) is 4. The first kappa shape index (κ1) is 19.3. The van der Waals surface area contributed by atoms with Gasteiger partial charge in [0.05, 0.1) is 6.10 Å². The van der Waals surface area contributed by atoms with Crippen molar-refractivity contribution >= 4 is 5.91 Å². The number of ether oxygens (including phenoxy) is 2. The summed E-state index contributed by atoms with van der Waals surface area (Å²) >= 11 is 0. The van der Waals surface area contributed by atoms with Crippen molar-refractivity contribution in [1.29, 1.82) is 0 Å². The van der Waals surface area contributed by atoms with Gasteiger partial charge in [0, 0.05) is 26.2 Å². The zero-order valence-corrected chi connectivity index (χ0v) is 15.3. The van der Waals surface area contributed by atoms with Gasteiger partial charge in [-0.1, -0.05) is 24.3 Å². The van der Waals surface area contributed by atoms with Gasteiger partial charge in [0.1, 0.15) is 11.6 Å². The third-order valence-corrected chi connectivity index (χ3v) is 4.49. The van der Waals surface area contributed by atoms with Gasteiger partial charge in [0.2, 0.25) is 0 Å². The minimum absolute atomic E-state index is 0.140. The molecular formula is C21H25FN2O3. The van der Waals surface area contributed by atoms with Crippen LogP contribution in [0.15, 0.2) is 48.5 Å². The zero-order valence-electron chi connectivity index (χ0n) is 15.3. The SMILES string of the molecule is NC(=O)COc1cccc(CN(Cc2ccc(F)cc2)C[C@@H]2CCCO2)c1. The van der Waals surface area contributed by atoms with Crippen molar-refractivity contribution in [3.63, 3.8) is 0 Å². The van der Waals surface area contributed by atoms with E-state index in [0.29, 0.717) is 18.8 Å². The molecule has 1 aliphatic heterocycles. The molecule has 0 spiro atoms. The van der Waals surface area contributed by atoms with E-state index >= 15 is 0 Å². The molecule has 6 heteroatoms. The topological polar surface area (TPSA) is 64.8 Å².